The normalized spacial score (nSPS) is 23.2. The second kappa shape index (κ2) is 7.24. The van der Waals surface area contributed by atoms with Crippen molar-refractivity contribution >= 4 is 0 Å². The maximum atomic E-state index is 3.56. The van der Waals surface area contributed by atoms with Crippen LogP contribution in [0.4, 0.5) is 0 Å². The molecule has 0 bridgehead atoms. The van der Waals surface area contributed by atoms with E-state index < -0.39 is 0 Å². The SMILES string of the molecule is CCC1CCC(NCC#Cc2ccccc2)CC1. The largest absolute Gasteiger partial charge is 0.303 e. The highest BCUT2D eigenvalue weighted by atomic mass is 14.9. The minimum Gasteiger partial charge on any atom is -0.303 e. The van der Waals surface area contributed by atoms with E-state index in [-0.39, 0.29) is 0 Å². The summed E-state index contributed by atoms with van der Waals surface area (Å²) in [5.41, 5.74) is 1.11. The molecule has 1 fully saturated rings. The molecular weight excluding hydrogens is 218 g/mol. The van der Waals surface area contributed by atoms with Crippen LogP contribution in [0.3, 0.4) is 0 Å². The van der Waals surface area contributed by atoms with Crippen LogP contribution in [0.2, 0.25) is 0 Å². The summed E-state index contributed by atoms with van der Waals surface area (Å²) in [6.07, 6.45) is 6.78. The van der Waals surface area contributed by atoms with Crippen LogP contribution in [-0.2, 0) is 0 Å². The Morgan fingerprint density at radius 3 is 2.50 bits per heavy atom. The predicted octanol–water partition coefficient (Wildman–Crippen LogP) is 3.60. The zero-order chi connectivity index (χ0) is 12.6. The summed E-state index contributed by atoms with van der Waals surface area (Å²) < 4.78 is 0. The average Bonchev–Trinajstić information content (AvgIpc) is 2.45. The highest BCUT2D eigenvalue weighted by Crippen LogP contribution is 2.26. The van der Waals surface area contributed by atoms with Gasteiger partial charge < -0.3 is 5.32 Å². The van der Waals surface area contributed by atoms with Crippen LogP contribution >= 0.6 is 0 Å². The maximum Gasteiger partial charge on any atom is 0.0582 e. The Labute approximate surface area is 111 Å². The van der Waals surface area contributed by atoms with Crippen molar-refractivity contribution < 1.29 is 0 Å². The van der Waals surface area contributed by atoms with Crippen molar-refractivity contribution in [2.45, 2.75) is 45.1 Å². The molecule has 1 aliphatic carbocycles. The topological polar surface area (TPSA) is 12.0 Å². The monoisotopic (exact) mass is 241 g/mol. The molecule has 1 heteroatoms. The molecule has 96 valence electrons. The lowest BCUT2D eigenvalue weighted by atomic mass is 9.84. The van der Waals surface area contributed by atoms with E-state index in [9.17, 15) is 0 Å². The zero-order valence-corrected chi connectivity index (χ0v) is 11.3. The minimum absolute atomic E-state index is 0.692. The predicted molar refractivity (Wildman–Crippen MR) is 77.4 cm³/mol. The Hall–Kier alpha value is -1.26. The molecule has 0 radical (unpaired) electrons. The smallest absolute Gasteiger partial charge is 0.0582 e. The van der Waals surface area contributed by atoms with Gasteiger partial charge in [-0.1, -0.05) is 43.4 Å². The van der Waals surface area contributed by atoms with Crippen molar-refractivity contribution in [1.29, 1.82) is 0 Å². The van der Waals surface area contributed by atoms with Crippen molar-refractivity contribution in [3.8, 4) is 11.8 Å². The Kier molecular flexibility index (Phi) is 5.30. The molecule has 0 aromatic heterocycles. The van der Waals surface area contributed by atoms with Crippen LogP contribution in [0, 0.1) is 17.8 Å². The molecule has 1 nitrogen and oxygen atoms in total. The van der Waals surface area contributed by atoms with Crippen LogP contribution in [-0.4, -0.2) is 12.6 Å². The average molecular weight is 241 g/mol. The molecule has 2 rings (SSSR count). The van der Waals surface area contributed by atoms with Crippen molar-refractivity contribution in [3.63, 3.8) is 0 Å². The number of hydrogen-bond acceptors (Lipinski definition) is 1. The lowest BCUT2D eigenvalue weighted by Gasteiger charge is -2.27. The molecule has 1 aromatic rings. The molecule has 1 aromatic carbocycles. The third-order valence-electron chi connectivity index (χ3n) is 3.91. The second-order valence-corrected chi connectivity index (χ2v) is 5.17. The van der Waals surface area contributed by atoms with Gasteiger partial charge in [-0.2, -0.15) is 0 Å². The minimum atomic E-state index is 0.692. The maximum absolute atomic E-state index is 3.56. The van der Waals surface area contributed by atoms with Gasteiger partial charge in [0.25, 0.3) is 0 Å². The van der Waals surface area contributed by atoms with Gasteiger partial charge in [-0.3, -0.25) is 0 Å². The van der Waals surface area contributed by atoms with Gasteiger partial charge in [0.15, 0.2) is 0 Å². The van der Waals surface area contributed by atoms with Gasteiger partial charge >= 0.3 is 0 Å². The number of nitrogens with one attached hydrogen (secondary N) is 1. The Morgan fingerprint density at radius 1 is 1.11 bits per heavy atom. The molecular formula is C17H23N. The van der Waals surface area contributed by atoms with Gasteiger partial charge in [0.05, 0.1) is 6.54 Å². The fraction of sp³-hybridized carbons (Fsp3) is 0.529. The first-order chi connectivity index (χ1) is 8.88. The Bertz CT molecular complexity index is 391. The summed E-state index contributed by atoms with van der Waals surface area (Å²) in [6, 6.07) is 10.9. The molecule has 0 amide bonds. The first-order valence-corrected chi connectivity index (χ1v) is 7.15. The summed E-state index contributed by atoms with van der Waals surface area (Å²) in [5.74, 6) is 7.38. The van der Waals surface area contributed by atoms with Crippen LogP contribution in [0.5, 0.6) is 0 Å². The van der Waals surface area contributed by atoms with Gasteiger partial charge in [0.1, 0.15) is 0 Å². The van der Waals surface area contributed by atoms with Crippen LogP contribution < -0.4 is 5.32 Å². The van der Waals surface area contributed by atoms with Gasteiger partial charge in [0, 0.05) is 11.6 Å². The highest BCUT2D eigenvalue weighted by molar-refractivity contribution is 5.33. The van der Waals surface area contributed by atoms with E-state index in [4.69, 9.17) is 0 Å². The number of rotatable bonds is 3. The van der Waals surface area contributed by atoms with Crippen molar-refractivity contribution in [2.75, 3.05) is 6.54 Å². The fourth-order valence-corrected chi connectivity index (χ4v) is 2.64. The first kappa shape index (κ1) is 13.2. The van der Waals surface area contributed by atoms with E-state index in [0.29, 0.717) is 6.04 Å². The molecule has 0 aliphatic heterocycles. The Balaban J connectivity index is 1.69. The van der Waals surface area contributed by atoms with Crippen LogP contribution in [0.1, 0.15) is 44.6 Å². The van der Waals surface area contributed by atoms with E-state index in [0.717, 1.165) is 18.0 Å². The molecule has 0 heterocycles. The second-order valence-electron chi connectivity index (χ2n) is 5.17. The van der Waals surface area contributed by atoms with E-state index in [1.54, 1.807) is 0 Å². The third kappa shape index (κ3) is 4.20. The third-order valence-corrected chi connectivity index (χ3v) is 3.91. The van der Waals surface area contributed by atoms with E-state index in [2.05, 4.69) is 36.2 Å². The van der Waals surface area contributed by atoms with E-state index >= 15 is 0 Å². The van der Waals surface area contributed by atoms with Crippen molar-refractivity contribution in [3.05, 3.63) is 35.9 Å². The zero-order valence-electron chi connectivity index (χ0n) is 11.3. The van der Waals surface area contributed by atoms with E-state index in [1.165, 1.54) is 32.1 Å². The number of hydrogen-bond donors (Lipinski definition) is 1. The van der Waals surface area contributed by atoms with Gasteiger partial charge in [-0.15, -0.1) is 0 Å². The summed E-state index contributed by atoms with van der Waals surface area (Å²) in [6.45, 7) is 3.13. The summed E-state index contributed by atoms with van der Waals surface area (Å²) in [4.78, 5) is 0. The van der Waals surface area contributed by atoms with Gasteiger partial charge in [-0.25, -0.2) is 0 Å². The molecule has 1 aliphatic rings. The lowest BCUT2D eigenvalue weighted by molar-refractivity contribution is 0.292. The fourth-order valence-electron chi connectivity index (χ4n) is 2.64. The summed E-state index contributed by atoms with van der Waals surface area (Å²) >= 11 is 0. The van der Waals surface area contributed by atoms with Crippen molar-refractivity contribution in [1.82, 2.24) is 5.32 Å². The molecule has 0 unspecified atom stereocenters. The Morgan fingerprint density at radius 2 is 1.83 bits per heavy atom. The van der Waals surface area contributed by atoms with Gasteiger partial charge in [0.2, 0.25) is 0 Å². The van der Waals surface area contributed by atoms with Crippen molar-refractivity contribution in [2.24, 2.45) is 5.92 Å². The molecule has 0 spiro atoms. The van der Waals surface area contributed by atoms with Crippen LogP contribution in [0.15, 0.2) is 30.3 Å². The highest BCUT2D eigenvalue weighted by Gasteiger charge is 2.18. The molecule has 1 N–H and O–H groups in total. The van der Waals surface area contributed by atoms with E-state index in [1.807, 2.05) is 18.2 Å². The van der Waals surface area contributed by atoms with Crippen LogP contribution in [0.25, 0.3) is 0 Å². The summed E-state index contributed by atoms with van der Waals surface area (Å²) in [5, 5.41) is 3.56. The quantitative estimate of drug-likeness (QED) is 0.797. The number of benzene rings is 1. The summed E-state index contributed by atoms with van der Waals surface area (Å²) in [7, 11) is 0. The standard InChI is InChI=1S/C17H23N/c1-2-15-10-12-17(13-11-15)18-14-6-9-16-7-4-3-5-8-16/h3-5,7-8,15,17-18H,2,10-14H2,1H3. The molecule has 0 saturated heterocycles. The molecule has 18 heavy (non-hydrogen) atoms. The molecule has 0 atom stereocenters. The first-order valence-electron chi connectivity index (χ1n) is 7.15. The van der Waals surface area contributed by atoms with Gasteiger partial charge in [-0.05, 0) is 43.7 Å². The molecule has 1 saturated carbocycles. The lowest BCUT2D eigenvalue weighted by Crippen LogP contribution is -2.33.